The van der Waals surface area contributed by atoms with E-state index in [1.807, 2.05) is 38.1 Å². The monoisotopic (exact) mass is 418 g/mol. The van der Waals surface area contributed by atoms with Crippen molar-refractivity contribution < 1.29 is 9.21 Å². The van der Waals surface area contributed by atoms with Crippen LogP contribution in [0.25, 0.3) is 11.0 Å². The summed E-state index contributed by atoms with van der Waals surface area (Å²) >= 11 is 0. The fraction of sp³-hybridized carbons (Fsp3) is 0.385. The van der Waals surface area contributed by atoms with Gasteiger partial charge in [-0.15, -0.1) is 0 Å². The molecule has 1 fully saturated rings. The molecule has 0 radical (unpaired) electrons. The van der Waals surface area contributed by atoms with E-state index in [1.54, 1.807) is 0 Å². The molecule has 1 aliphatic rings. The highest BCUT2D eigenvalue weighted by Gasteiger charge is 2.21. The summed E-state index contributed by atoms with van der Waals surface area (Å²) in [5.41, 5.74) is 4.16. The van der Waals surface area contributed by atoms with Gasteiger partial charge in [-0.05, 0) is 55.9 Å². The summed E-state index contributed by atoms with van der Waals surface area (Å²) in [5.74, 6) is 0.00399. The number of nitrogens with one attached hydrogen (secondary N) is 1. The van der Waals surface area contributed by atoms with Crippen LogP contribution in [0.4, 0.5) is 0 Å². The molecule has 0 atom stereocenters. The normalized spacial score (nSPS) is 15.3. The molecule has 0 unspecified atom stereocenters. The highest BCUT2D eigenvalue weighted by Crippen LogP contribution is 2.21. The summed E-state index contributed by atoms with van der Waals surface area (Å²) in [4.78, 5) is 27.4. The zero-order valence-electron chi connectivity index (χ0n) is 18.3. The number of hydrogen-bond acceptors (Lipinski definition) is 4. The van der Waals surface area contributed by atoms with E-state index >= 15 is 0 Å². The highest BCUT2D eigenvalue weighted by atomic mass is 16.4. The zero-order chi connectivity index (χ0) is 21.8. The predicted molar refractivity (Wildman–Crippen MR) is 123 cm³/mol. The average Bonchev–Trinajstić information content (AvgIpc) is 2.75. The number of carbonyl (C=O) groups is 1. The lowest BCUT2D eigenvalue weighted by molar-refractivity contribution is -0.122. The van der Waals surface area contributed by atoms with Crippen molar-refractivity contribution in [2.45, 2.75) is 52.1 Å². The Balaban J connectivity index is 1.29. The van der Waals surface area contributed by atoms with Crippen LogP contribution in [0.5, 0.6) is 0 Å². The zero-order valence-corrected chi connectivity index (χ0v) is 18.3. The largest absolute Gasteiger partial charge is 0.423 e. The van der Waals surface area contributed by atoms with E-state index in [0.29, 0.717) is 24.0 Å². The first-order valence-electron chi connectivity index (χ1n) is 11.1. The van der Waals surface area contributed by atoms with E-state index in [4.69, 9.17) is 4.42 Å². The van der Waals surface area contributed by atoms with Crippen LogP contribution in [0.15, 0.2) is 57.7 Å². The molecule has 5 heteroatoms. The summed E-state index contributed by atoms with van der Waals surface area (Å²) < 4.78 is 5.50. The molecular weight excluding hydrogens is 388 g/mol. The number of likely N-dealkylation sites (tertiary alicyclic amines) is 1. The number of fused-ring (bicyclic) bond motifs is 1. The SMILES string of the molecule is Cc1ccc2c(C)c(CCC(=O)NC3CCN(Cc4ccccc4)CC3)c(=O)oc2c1. The lowest BCUT2D eigenvalue weighted by atomic mass is 10.0. The number of benzene rings is 2. The lowest BCUT2D eigenvalue weighted by Crippen LogP contribution is -2.44. The van der Waals surface area contributed by atoms with Crippen LogP contribution in [-0.4, -0.2) is 29.9 Å². The molecule has 4 rings (SSSR count). The second-order valence-corrected chi connectivity index (χ2v) is 8.60. The van der Waals surface area contributed by atoms with E-state index in [-0.39, 0.29) is 17.6 Å². The lowest BCUT2D eigenvalue weighted by Gasteiger charge is -2.32. The maximum atomic E-state index is 12.5. The number of rotatable bonds is 6. The van der Waals surface area contributed by atoms with Gasteiger partial charge in [0, 0.05) is 43.0 Å². The third kappa shape index (κ3) is 5.23. The summed E-state index contributed by atoms with van der Waals surface area (Å²) in [7, 11) is 0. The van der Waals surface area contributed by atoms with Crippen LogP contribution < -0.4 is 10.9 Å². The van der Waals surface area contributed by atoms with E-state index in [2.05, 4.69) is 34.5 Å². The van der Waals surface area contributed by atoms with Crippen LogP contribution in [0.2, 0.25) is 0 Å². The average molecular weight is 419 g/mol. The summed E-state index contributed by atoms with van der Waals surface area (Å²) in [5, 5.41) is 4.10. The molecule has 162 valence electrons. The molecule has 2 heterocycles. The molecule has 2 aromatic carbocycles. The van der Waals surface area contributed by atoms with Crippen LogP contribution in [0.3, 0.4) is 0 Å². The van der Waals surface area contributed by atoms with Gasteiger partial charge in [0.1, 0.15) is 5.58 Å². The smallest absolute Gasteiger partial charge is 0.339 e. The Morgan fingerprint density at radius 3 is 2.58 bits per heavy atom. The van der Waals surface area contributed by atoms with Crippen LogP contribution in [-0.2, 0) is 17.8 Å². The third-order valence-corrected chi connectivity index (χ3v) is 6.25. The minimum atomic E-state index is -0.336. The Bertz CT molecular complexity index is 1110. The fourth-order valence-electron chi connectivity index (χ4n) is 4.41. The summed E-state index contributed by atoms with van der Waals surface area (Å²) in [6.07, 6.45) is 2.61. The maximum Gasteiger partial charge on any atom is 0.339 e. The minimum absolute atomic E-state index is 0.00399. The maximum absolute atomic E-state index is 12.5. The first kappa shape index (κ1) is 21.3. The van der Waals surface area contributed by atoms with Gasteiger partial charge in [0.15, 0.2) is 0 Å². The van der Waals surface area contributed by atoms with Gasteiger partial charge in [-0.2, -0.15) is 0 Å². The van der Waals surface area contributed by atoms with Gasteiger partial charge in [0.2, 0.25) is 5.91 Å². The van der Waals surface area contributed by atoms with Crippen LogP contribution in [0.1, 0.15) is 41.5 Å². The number of carbonyl (C=O) groups excluding carboxylic acids is 1. The Morgan fingerprint density at radius 2 is 1.84 bits per heavy atom. The van der Waals surface area contributed by atoms with Crippen molar-refractivity contribution in [3.8, 4) is 0 Å². The van der Waals surface area contributed by atoms with Gasteiger partial charge in [-0.1, -0.05) is 42.5 Å². The summed E-state index contributed by atoms with van der Waals surface area (Å²) in [6.45, 7) is 6.82. The molecule has 0 bridgehead atoms. The molecule has 31 heavy (non-hydrogen) atoms. The van der Waals surface area contributed by atoms with E-state index < -0.39 is 0 Å². The van der Waals surface area contributed by atoms with Gasteiger partial charge in [-0.3, -0.25) is 9.69 Å². The van der Waals surface area contributed by atoms with E-state index in [9.17, 15) is 9.59 Å². The van der Waals surface area contributed by atoms with E-state index in [1.165, 1.54) is 5.56 Å². The number of hydrogen-bond donors (Lipinski definition) is 1. The Kier molecular flexibility index (Phi) is 6.52. The third-order valence-electron chi connectivity index (χ3n) is 6.25. The second-order valence-electron chi connectivity index (χ2n) is 8.60. The summed E-state index contributed by atoms with van der Waals surface area (Å²) in [6, 6.07) is 16.6. The molecule has 1 N–H and O–H groups in total. The molecule has 1 aromatic heterocycles. The Labute approximate surface area is 183 Å². The molecule has 3 aromatic rings. The Morgan fingerprint density at radius 1 is 1.10 bits per heavy atom. The molecule has 1 saturated heterocycles. The number of piperidine rings is 1. The number of nitrogens with zero attached hydrogens (tertiary/aromatic N) is 1. The molecule has 0 saturated carbocycles. The minimum Gasteiger partial charge on any atom is -0.423 e. The van der Waals surface area contributed by atoms with Crippen molar-refractivity contribution in [1.82, 2.24) is 10.2 Å². The molecule has 0 spiro atoms. The van der Waals surface area contributed by atoms with Crippen LogP contribution in [0, 0.1) is 13.8 Å². The van der Waals surface area contributed by atoms with Crippen molar-refractivity contribution >= 4 is 16.9 Å². The van der Waals surface area contributed by atoms with E-state index in [0.717, 1.165) is 49.0 Å². The van der Waals surface area contributed by atoms with Gasteiger partial charge < -0.3 is 9.73 Å². The fourth-order valence-corrected chi connectivity index (χ4v) is 4.41. The standard InChI is InChI=1S/C26H30N2O3/c1-18-8-9-22-19(2)23(26(30)31-24(22)16-18)10-11-25(29)27-21-12-14-28(15-13-21)17-20-6-4-3-5-7-20/h3-9,16,21H,10-15,17H2,1-2H3,(H,27,29). The molecule has 5 nitrogen and oxygen atoms in total. The van der Waals surface area contributed by atoms with Crippen LogP contribution >= 0.6 is 0 Å². The second kappa shape index (κ2) is 9.48. The predicted octanol–water partition coefficient (Wildman–Crippen LogP) is 4.12. The molecule has 1 amide bonds. The first-order valence-corrected chi connectivity index (χ1v) is 11.1. The Hall–Kier alpha value is -2.92. The van der Waals surface area contributed by atoms with Crippen molar-refractivity contribution in [2.24, 2.45) is 0 Å². The van der Waals surface area contributed by atoms with Crippen molar-refractivity contribution in [3.63, 3.8) is 0 Å². The number of aryl methyl sites for hydroxylation is 2. The van der Waals surface area contributed by atoms with Crippen molar-refractivity contribution in [1.29, 1.82) is 0 Å². The van der Waals surface area contributed by atoms with Gasteiger partial charge in [0.25, 0.3) is 0 Å². The van der Waals surface area contributed by atoms with Gasteiger partial charge in [-0.25, -0.2) is 4.79 Å². The molecule has 1 aliphatic heterocycles. The molecule has 0 aliphatic carbocycles. The number of amides is 1. The highest BCUT2D eigenvalue weighted by molar-refractivity contribution is 5.82. The quantitative estimate of drug-likeness (QED) is 0.612. The van der Waals surface area contributed by atoms with Gasteiger partial charge in [0.05, 0.1) is 0 Å². The van der Waals surface area contributed by atoms with Crippen molar-refractivity contribution in [3.05, 3.63) is 81.2 Å². The molecular formula is C26H30N2O3. The first-order chi connectivity index (χ1) is 15.0. The van der Waals surface area contributed by atoms with Gasteiger partial charge >= 0.3 is 5.63 Å². The topological polar surface area (TPSA) is 62.6 Å². The van der Waals surface area contributed by atoms with Crippen molar-refractivity contribution in [2.75, 3.05) is 13.1 Å².